The Balaban J connectivity index is 2.32. The smallest absolute Gasteiger partial charge is 0.187 e. The summed E-state index contributed by atoms with van der Waals surface area (Å²) in [6.07, 6.45) is 0. The lowest BCUT2D eigenvalue weighted by Gasteiger charge is -2.03. The molecule has 0 aliphatic heterocycles. The third-order valence-corrected chi connectivity index (χ3v) is 2.42. The fourth-order valence-electron chi connectivity index (χ4n) is 1.51. The van der Waals surface area contributed by atoms with Gasteiger partial charge in [-0.1, -0.05) is 36.4 Å². The molecule has 0 radical (unpaired) electrons. The summed E-state index contributed by atoms with van der Waals surface area (Å²) < 4.78 is 5.10. The molecule has 0 heterocycles. The first-order valence-electron chi connectivity index (χ1n) is 4.95. The molecule has 2 aromatic carbocycles. The maximum Gasteiger partial charge on any atom is 0.187 e. The van der Waals surface area contributed by atoms with Gasteiger partial charge in [-0.15, -0.1) is 0 Å². The molecule has 0 unspecified atom stereocenters. The van der Waals surface area contributed by atoms with Crippen LogP contribution in [-0.4, -0.2) is 7.11 Å². The molecule has 0 amide bonds. The van der Waals surface area contributed by atoms with Crippen LogP contribution in [0.25, 0.3) is 16.0 Å². The molecule has 0 N–H and O–H groups in total. The van der Waals surface area contributed by atoms with Gasteiger partial charge in [0.25, 0.3) is 0 Å². The zero-order chi connectivity index (χ0) is 11.4. The van der Waals surface area contributed by atoms with Gasteiger partial charge in [-0.2, -0.15) is 0 Å². The highest BCUT2D eigenvalue weighted by Gasteiger charge is 1.98. The van der Waals surface area contributed by atoms with Gasteiger partial charge in [-0.05, 0) is 23.3 Å². The maximum absolute atomic E-state index is 6.88. The second-order valence-electron chi connectivity index (χ2n) is 3.39. The van der Waals surface area contributed by atoms with Crippen molar-refractivity contribution >= 4 is 5.69 Å². The Bertz CT molecular complexity index is 506. The molecule has 16 heavy (non-hydrogen) atoms. The van der Waals surface area contributed by atoms with E-state index in [1.165, 1.54) is 0 Å². The van der Waals surface area contributed by atoms with Crippen molar-refractivity contribution in [1.29, 1.82) is 0 Å². The molecule has 0 aromatic heterocycles. The molecule has 2 heteroatoms. The standard InChI is InChI=1S/C14H11NO/c1-15-13-7-3-11(4-8-13)12-5-9-14(16-2)10-6-12/h3-10H,2H3. The molecule has 0 aliphatic carbocycles. The molecule has 0 atom stereocenters. The van der Waals surface area contributed by atoms with Crippen LogP contribution in [0, 0.1) is 6.57 Å². The lowest BCUT2D eigenvalue weighted by molar-refractivity contribution is 0.415. The van der Waals surface area contributed by atoms with E-state index in [0.29, 0.717) is 5.69 Å². The van der Waals surface area contributed by atoms with E-state index in [1.807, 2.05) is 48.5 Å². The Hall–Kier alpha value is -2.27. The third-order valence-electron chi connectivity index (χ3n) is 2.42. The average Bonchev–Trinajstić information content (AvgIpc) is 2.39. The number of methoxy groups -OCH3 is 1. The van der Waals surface area contributed by atoms with Crippen molar-refractivity contribution in [3.63, 3.8) is 0 Å². The fourth-order valence-corrected chi connectivity index (χ4v) is 1.51. The van der Waals surface area contributed by atoms with E-state index in [2.05, 4.69) is 4.85 Å². The summed E-state index contributed by atoms with van der Waals surface area (Å²) in [6, 6.07) is 15.4. The number of hydrogen-bond acceptors (Lipinski definition) is 1. The quantitative estimate of drug-likeness (QED) is 0.683. The van der Waals surface area contributed by atoms with Crippen molar-refractivity contribution < 1.29 is 4.74 Å². The van der Waals surface area contributed by atoms with Crippen LogP contribution in [0.5, 0.6) is 5.75 Å². The lowest BCUT2D eigenvalue weighted by Crippen LogP contribution is -1.82. The zero-order valence-corrected chi connectivity index (χ0v) is 8.97. The second-order valence-corrected chi connectivity index (χ2v) is 3.39. The molecule has 2 rings (SSSR count). The second kappa shape index (κ2) is 4.50. The van der Waals surface area contributed by atoms with Gasteiger partial charge < -0.3 is 4.74 Å². The Morgan fingerprint density at radius 2 is 1.38 bits per heavy atom. The van der Waals surface area contributed by atoms with Gasteiger partial charge in [-0.25, -0.2) is 4.85 Å². The zero-order valence-electron chi connectivity index (χ0n) is 8.97. The van der Waals surface area contributed by atoms with Crippen LogP contribution in [-0.2, 0) is 0 Å². The van der Waals surface area contributed by atoms with Gasteiger partial charge in [0, 0.05) is 0 Å². The first kappa shape index (κ1) is 10.3. The summed E-state index contributed by atoms with van der Waals surface area (Å²) in [5, 5.41) is 0. The Kier molecular flexibility index (Phi) is 2.88. The van der Waals surface area contributed by atoms with Crippen molar-refractivity contribution in [2.75, 3.05) is 7.11 Å². The van der Waals surface area contributed by atoms with Crippen LogP contribution in [0.3, 0.4) is 0 Å². The van der Waals surface area contributed by atoms with Crippen LogP contribution in [0.2, 0.25) is 0 Å². The summed E-state index contributed by atoms with van der Waals surface area (Å²) in [5.74, 6) is 0.849. The molecule has 2 aromatic rings. The summed E-state index contributed by atoms with van der Waals surface area (Å²) in [4.78, 5) is 3.36. The minimum atomic E-state index is 0.664. The van der Waals surface area contributed by atoms with Gasteiger partial charge in [0.1, 0.15) is 5.75 Å². The van der Waals surface area contributed by atoms with E-state index in [1.54, 1.807) is 7.11 Å². The molecule has 0 aliphatic rings. The molecular formula is C14H11NO. The summed E-state index contributed by atoms with van der Waals surface area (Å²) in [5.41, 5.74) is 2.89. The topological polar surface area (TPSA) is 13.6 Å². The average molecular weight is 209 g/mol. The van der Waals surface area contributed by atoms with Gasteiger partial charge in [0.15, 0.2) is 5.69 Å². The Labute approximate surface area is 94.9 Å². The van der Waals surface area contributed by atoms with Crippen molar-refractivity contribution in [2.24, 2.45) is 0 Å². The number of ether oxygens (including phenoxy) is 1. The highest BCUT2D eigenvalue weighted by Crippen LogP contribution is 2.24. The van der Waals surface area contributed by atoms with Gasteiger partial charge >= 0.3 is 0 Å². The van der Waals surface area contributed by atoms with E-state index in [-0.39, 0.29) is 0 Å². The third kappa shape index (κ3) is 2.04. The minimum Gasteiger partial charge on any atom is -0.497 e. The van der Waals surface area contributed by atoms with Crippen LogP contribution in [0.4, 0.5) is 5.69 Å². The van der Waals surface area contributed by atoms with Crippen LogP contribution >= 0.6 is 0 Å². The van der Waals surface area contributed by atoms with Crippen molar-refractivity contribution in [2.45, 2.75) is 0 Å². The molecule has 0 bridgehead atoms. The number of nitrogens with zero attached hydrogens (tertiary/aromatic N) is 1. The summed E-state index contributed by atoms with van der Waals surface area (Å²) in [6.45, 7) is 6.88. The van der Waals surface area contributed by atoms with Crippen molar-refractivity contribution in [3.8, 4) is 16.9 Å². The predicted octanol–water partition coefficient (Wildman–Crippen LogP) is 3.91. The van der Waals surface area contributed by atoms with Gasteiger partial charge in [-0.3, -0.25) is 0 Å². The number of benzene rings is 2. The van der Waals surface area contributed by atoms with Crippen LogP contribution < -0.4 is 4.74 Å². The molecule has 0 spiro atoms. The van der Waals surface area contributed by atoms with Crippen LogP contribution in [0.15, 0.2) is 48.5 Å². The van der Waals surface area contributed by atoms with Crippen molar-refractivity contribution in [3.05, 3.63) is 59.9 Å². The predicted molar refractivity (Wildman–Crippen MR) is 64.7 cm³/mol. The van der Waals surface area contributed by atoms with E-state index in [9.17, 15) is 0 Å². The fraction of sp³-hybridized carbons (Fsp3) is 0.0714. The minimum absolute atomic E-state index is 0.664. The number of hydrogen-bond donors (Lipinski definition) is 0. The van der Waals surface area contributed by atoms with E-state index >= 15 is 0 Å². The van der Waals surface area contributed by atoms with E-state index in [0.717, 1.165) is 16.9 Å². The Morgan fingerprint density at radius 3 is 1.81 bits per heavy atom. The molecule has 0 fully saturated rings. The SMILES string of the molecule is [C-]#[N+]c1ccc(-c2ccc(OC)cc2)cc1. The molecule has 0 saturated heterocycles. The summed E-state index contributed by atoms with van der Waals surface area (Å²) in [7, 11) is 1.65. The molecule has 78 valence electrons. The monoisotopic (exact) mass is 209 g/mol. The largest absolute Gasteiger partial charge is 0.497 e. The van der Waals surface area contributed by atoms with Crippen LogP contribution in [0.1, 0.15) is 0 Å². The molecule has 2 nitrogen and oxygen atoms in total. The molecular weight excluding hydrogens is 198 g/mol. The first-order chi connectivity index (χ1) is 7.83. The van der Waals surface area contributed by atoms with E-state index in [4.69, 9.17) is 11.3 Å². The summed E-state index contributed by atoms with van der Waals surface area (Å²) >= 11 is 0. The normalized spacial score (nSPS) is 9.50. The number of rotatable bonds is 2. The lowest BCUT2D eigenvalue weighted by atomic mass is 10.1. The van der Waals surface area contributed by atoms with Crippen molar-refractivity contribution in [1.82, 2.24) is 0 Å². The highest BCUT2D eigenvalue weighted by atomic mass is 16.5. The van der Waals surface area contributed by atoms with Gasteiger partial charge in [0.05, 0.1) is 13.7 Å². The van der Waals surface area contributed by atoms with Gasteiger partial charge in [0.2, 0.25) is 0 Å². The highest BCUT2D eigenvalue weighted by molar-refractivity contribution is 5.66. The van der Waals surface area contributed by atoms with E-state index < -0.39 is 0 Å². The molecule has 0 saturated carbocycles. The maximum atomic E-state index is 6.88. The first-order valence-corrected chi connectivity index (χ1v) is 4.95. The Morgan fingerprint density at radius 1 is 0.875 bits per heavy atom.